The lowest BCUT2D eigenvalue weighted by molar-refractivity contribution is 0.446. The fourth-order valence-corrected chi connectivity index (χ4v) is 2.48. The van der Waals surface area contributed by atoms with Gasteiger partial charge in [0.05, 0.1) is 11.0 Å². The Bertz CT molecular complexity index is 522. The van der Waals surface area contributed by atoms with Crippen molar-refractivity contribution in [1.29, 1.82) is 0 Å². The SMILES string of the molecule is CC(NCc1cc(Br)c(Br)o1)c1cccc(Cl)c1. The maximum absolute atomic E-state index is 5.97. The molecule has 1 aromatic heterocycles. The number of nitrogens with one attached hydrogen (secondary N) is 1. The number of halogens is 3. The summed E-state index contributed by atoms with van der Waals surface area (Å²) in [5.74, 6) is 0.877. The van der Waals surface area contributed by atoms with Crippen LogP contribution < -0.4 is 5.32 Å². The van der Waals surface area contributed by atoms with Crippen LogP contribution in [0, 0.1) is 0 Å². The Morgan fingerprint density at radius 3 is 2.72 bits per heavy atom. The molecular formula is C13H12Br2ClNO. The van der Waals surface area contributed by atoms with Crippen LogP contribution in [0.4, 0.5) is 0 Å². The molecule has 1 unspecified atom stereocenters. The van der Waals surface area contributed by atoms with Gasteiger partial charge in [0, 0.05) is 11.1 Å². The summed E-state index contributed by atoms with van der Waals surface area (Å²) in [7, 11) is 0. The van der Waals surface area contributed by atoms with Crippen molar-refractivity contribution in [2.45, 2.75) is 19.5 Å². The molecule has 0 spiro atoms. The van der Waals surface area contributed by atoms with Crippen molar-refractivity contribution in [3.63, 3.8) is 0 Å². The van der Waals surface area contributed by atoms with Crippen molar-refractivity contribution < 1.29 is 4.42 Å². The summed E-state index contributed by atoms with van der Waals surface area (Å²) in [5.41, 5.74) is 1.16. The third-order valence-corrected chi connectivity index (χ3v) is 4.57. The van der Waals surface area contributed by atoms with Crippen molar-refractivity contribution in [1.82, 2.24) is 5.32 Å². The van der Waals surface area contributed by atoms with Crippen LogP contribution in [-0.4, -0.2) is 0 Å². The topological polar surface area (TPSA) is 25.2 Å². The third kappa shape index (κ3) is 3.60. The molecule has 1 heterocycles. The molecular weight excluding hydrogens is 381 g/mol. The Morgan fingerprint density at radius 2 is 2.11 bits per heavy atom. The van der Waals surface area contributed by atoms with E-state index in [0.717, 1.165) is 25.5 Å². The summed E-state index contributed by atoms with van der Waals surface area (Å²) < 4.78 is 7.15. The van der Waals surface area contributed by atoms with Gasteiger partial charge in [-0.3, -0.25) is 0 Å². The molecule has 18 heavy (non-hydrogen) atoms. The predicted octanol–water partition coefficient (Wildman–Crippen LogP) is 5.31. The van der Waals surface area contributed by atoms with Crippen LogP contribution >= 0.6 is 43.5 Å². The molecule has 2 rings (SSSR count). The van der Waals surface area contributed by atoms with Gasteiger partial charge >= 0.3 is 0 Å². The fraction of sp³-hybridized carbons (Fsp3) is 0.231. The summed E-state index contributed by atoms with van der Waals surface area (Å²) in [4.78, 5) is 0. The van der Waals surface area contributed by atoms with Gasteiger partial charge in [-0.25, -0.2) is 0 Å². The van der Waals surface area contributed by atoms with Crippen LogP contribution in [0.25, 0.3) is 0 Å². The van der Waals surface area contributed by atoms with E-state index >= 15 is 0 Å². The van der Waals surface area contributed by atoms with Crippen LogP contribution in [0.3, 0.4) is 0 Å². The molecule has 0 saturated heterocycles. The van der Waals surface area contributed by atoms with Crippen molar-refractivity contribution in [2.75, 3.05) is 0 Å². The maximum atomic E-state index is 5.97. The number of hydrogen-bond acceptors (Lipinski definition) is 2. The van der Waals surface area contributed by atoms with Gasteiger partial charge < -0.3 is 9.73 Å². The highest BCUT2D eigenvalue weighted by Gasteiger charge is 2.09. The van der Waals surface area contributed by atoms with Gasteiger partial charge in [-0.1, -0.05) is 23.7 Å². The quantitative estimate of drug-likeness (QED) is 0.762. The van der Waals surface area contributed by atoms with E-state index in [1.54, 1.807) is 0 Å². The molecule has 2 aromatic rings. The van der Waals surface area contributed by atoms with Gasteiger partial charge in [-0.2, -0.15) is 0 Å². The van der Waals surface area contributed by atoms with Crippen LogP contribution in [0.5, 0.6) is 0 Å². The second kappa shape index (κ2) is 6.24. The average molecular weight is 394 g/mol. The molecule has 0 saturated carbocycles. The standard InChI is InChI=1S/C13H12Br2ClNO/c1-8(9-3-2-4-10(16)5-9)17-7-11-6-12(14)13(15)18-11/h2-6,8,17H,7H2,1H3. The highest BCUT2D eigenvalue weighted by Crippen LogP contribution is 2.27. The Balaban J connectivity index is 1.98. The summed E-state index contributed by atoms with van der Waals surface area (Å²) in [5, 5.41) is 4.14. The minimum absolute atomic E-state index is 0.214. The van der Waals surface area contributed by atoms with E-state index in [2.05, 4.69) is 50.2 Å². The molecule has 2 nitrogen and oxygen atoms in total. The van der Waals surface area contributed by atoms with Gasteiger partial charge in [0.1, 0.15) is 5.76 Å². The van der Waals surface area contributed by atoms with Crippen LogP contribution in [0.2, 0.25) is 5.02 Å². The van der Waals surface area contributed by atoms with Gasteiger partial charge in [0.2, 0.25) is 0 Å². The molecule has 0 aliphatic heterocycles. The van der Waals surface area contributed by atoms with E-state index in [-0.39, 0.29) is 6.04 Å². The summed E-state index contributed by atoms with van der Waals surface area (Å²) in [6.45, 7) is 2.76. The Hall–Kier alpha value is -0.290. The van der Waals surface area contributed by atoms with E-state index in [0.29, 0.717) is 6.54 Å². The molecule has 0 fully saturated rings. The first kappa shape index (κ1) is 14.1. The first-order chi connectivity index (χ1) is 8.56. The second-order valence-electron chi connectivity index (χ2n) is 3.99. The van der Waals surface area contributed by atoms with Gasteiger partial charge in [-0.05, 0) is 62.5 Å². The lowest BCUT2D eigenvalue weighted by atomic mass is 10.1. The number of hydrogen-bond donors (Lipinski definition) is 1. The third-order valence-electron chi connectivity index (χ3n) is 2.63. The molecule has 1 aromatic carbocycles. The summed E-state index contributed by atoms with van der Waals surface area (Å²) in [6.07, 6.45) is 0. The van der Waals surface area contributed by atoms with E-state index in [1.807, 2.05) is 24.3 Å². The minimum atomic E-state index is 0.214. The van der Waals surface area contributed by atoms with Crippen molar-refractivity contribution >= 4 is 43.5 Å². The highest BCUT2D eigenvalue weighted by atomic mass is 79.9. The Labute approximate surface area is 128 Å². The molecule has 96 valence electrons. The van der Waals surface area contributed by atoms with Crippen LogP contribution in [0.1, 0.15) is 24.3 Å². The second-order valence-corrected chi connectivity index (χ2v) is 6.00. The van der Waals surface area contributed by atoms with E-state index in [1.165, 1.54) is 0 Å². The van der Waals surface area contributed by atoms with Gasteiger partial charge in [0.15, 0.2) is 4.67 Å². The van der Waals surface area contributed by atoms with Gasteiger partial charge in [0.25, 0.3) is 0 Å². The van der Waals surface area contributed by atoms with Crippen LogP contribution in [-0.2, 0) is 6.54 Å². The smallest absolute Gasteiger partial charge is 0.183 e. The number of furan rings is 1. The zero-order valence-corrected chi connectivity index (χ0v) is 13.6. The minimum Gasteiger partial charge on any atom is -0.452 e. The van der Waals surface area contributed by atoms with Crippen molar-refractivity contribution in [3.8, 4) is 0 Å². The highest BCUT2D eigenvalue weighted by molar-refractivity contribution is 9.13. The molecule has 0 amide bonds. The lowest BCUT2D eigenvalue weighted by Gasteiger charge is -2.13. The summed E-state index contributed by atoms with van der Waals surface area (Å²) in [6, 6.07) is 10.0. The zero-order valence-electron chi connectivity index (χ0n) is 9.71. The maximum Gasteiger partial charge on any atom is 0.183 e. The fourth-order valence-electron chi connectivity index (χ4n) is 1.63. The number of benzene rings is 1. The van der Waals surface area contributed by atoms with Gasteiger partial charge in [-0.15, -0.1) is 0 Å². The summed E-state index contributed by atoms with van der Waals surface area (Å²) >= 11 is 12.7. The number of rotatable bonds is 4. The van der Waals surface area contributed by atoms with E-state index < -0.39 is 0 Å². The predicted molar refractivity (Wildman–Crippen MR) is 80.8 cm³/mol. The Kier molecular flexibility index (Phi) is 4.90. The van der Waals surface area contributed by atoms with Crippen molar-refractivity contribution in [2.24, 2.45) is 0 Å². The first-order valence-electron chi connectivity index (χ1n) is 5.49. The molecule has 1 atom stereocenters. The average Bonchev–Trinajstić information content (AvgIpc) is 2.66. The molecule has 0 aliphatic carbocycles. The monoisotopic (exact) mass is 391 g/mol. The Morgan fingerprint density at radius 1 is 1.33 bits per heavy atom. The largest absolute Gasteiger partial charge is 0.452 e. The first-order valence-corrected chi connectivity index (χ1v) is 7.45. The van der Waals surface area contributed by atoms with Crippen LogP contribution in [0.15, 0.2) is 43.9 Å². The molecule has 0 bridgehead atoms. The molecule has 0 aliphatic rings. The zero-order chi connectivity index (χ0) is 13.1. The van der Waals surface area contributed by atoms with Crippen molar-refractivity contribution in [3.05, 3.63) is 55.8 Å². The lowest BCUT2D eigenvalue weighted by Crippen LogP contribution is -2.17. The molecule has 5 heteroatoms. The van der Waals surface area contributed by atoms with E-state index in [4.69, 9.17) is 16.0 Å². The molecule has 0 radical (unpaired) electrons. The molecule has 1 N–H and O–H groups in total. The normalized spacial score (nSPS) is 12.7. The van der Waals surface area contributed by atoms with E-state index in [9.17, 15) is 0 Å².